The highest BCUT2D eigenvalue weighted by atomic mass is 16.2. The second kappa shape index (κ2) is 6.47. The number of fused-ring (bicyclic) bond motifs is 2. The van der Waals surface area contributed by atoms with Gasteiger partial charge in [-0.2, -0.15) is 5.10 Å². The number of rotatable bonds is 4. The molecule has 2 atom stereocenters. The molecule has 0 unspecified atom stereocenters. The zero-order chi connectivity index (χ0) is 19.2. The van der Waals surface area contributed by atoms with Crippen LogP contribution >= 0.6 is 0 Å². The van der Waals surface area contributed by atoms with E-state index in [-0.39, 0.29) is 22.6 Å². The molecular formula is C22H29N3O2. The van der Waals surface area contributed by atoms with Crippen molar-refractivity contribution in [3.63, 3.8) is 0 Å². The number of nitrogens with one attached hydrogen (secondary N) is 1. The Morgan fingerprint density at radius 1 is 1.26 bits per heavy atom. The van der Waals surface area contributed by atoms with E-state index in [1.807, 2.05) is 29.2 Å². The third-order valence-electron chi connectivity index (χ3n) is 7.51. The zero-order valence-corrected chi connectivity index (χ0v) is 16.5. The number of anilines is 1. The number of nitrogens with zero attached hydrogens (tertiary/aromatic N) is 2. The van der Waals surface area contributed by atoms with Gasteiger partial charge >= 0.3 is 0 Å². The summed E-state index contributed by atoms with van der Waals surface area (Å²) in [7, 11) is 0. The van der Waals surface area contributed by atoms with Crippen molar-refractivity contribution < 1.29 is 9.59 Å². The van der Waals surface area contributed by atoms with E-state index in [1.54, 1.807) is 0 Å². The number of benzene rings is 1. The largest absolute Gasteiger partial charge is 0.312 e. The Kier molecular flexibility index (Phi) is 4.36. The second-order valence-electron chi connectivity index (χ2n) is 9.08. The first kappa shape index (κ1) is 18.2. The van der Waals surface area contributed by atoms with Gasteiger partial charge in [0.1, 0.15) is 0 Å². The van der Waals surface area contributed by atoms with Crippen LogP contribution in [0.3, 0.4) is 0 Å². The molecule has 144 valence electrons. The summed E-state index contributed by atoms with van der Waals surface area (Å²) in [5.41, 5.74) is 6.15. The number of amides is 2. The SMILES string of the molecule is CC1(C)[C@@H]2CC[C@]1(C)/C(=N/NC(=O)Cc1ccc(N3CCCC3=O)cc1)C2. The maximum absolute atomic E-state index is 12.4. The van der Waals surface area contributed by atoms with Crippen LogP contribution in [0.2, 0.25) is 0 Å². The number of hydrazone groups is 1. The first-order chi connectivity index (χ1) is 12.8. The minimum absolute atomic E-state index is 0.0864. The van der Waals surface area contributed by atoms with E-state index in [2.05, 4.69) is 31.3 Å². The normalized spacial score (nSPS) is 30.3. The van der Waals surface area contributed by atoms with Crippen molar-refractivity contribution in [2.24, 2.45) is 21.8 Å². The Morgan fingerprint density at radius 2 is 2.00 bits per heavy atom. The van der Waals surface area contributed by atoms with Crippen LogP contribution in [0.1, 0.15) is 58.4 Å². The monoisotopic (exact) mass is 367 g/mol. The zero-order valence-electron chi connectivity index (χ0n) is 16.5. The molecular weight excluding hydrogens is 338 g/mol. The lowest BCUT2D eigenvalue weighted by molar-refractivity contribution is -0.120. The van der Waals surface area contributed by atoms with E-state index in [1.165, 1.54) is 6.42 Å². The van der Waals surface area contributed by atoms with Crippen LogP contribution in [-0.4, -0.2) is 24.1 Å². The second-order valence-corrected chi connectivity index (χ2v) is 9.08. The molecule has 3 fully saturated rings. The maximum atomic E-state index is 12.4. The molecule has 2 aliphatic carbocycles. The van der Waals surface area contributed by atoms with Crippen LogP contribution in [0, 0.1) is 16.7 Å². The van der Waals surface area contributed by atoms with Gasteiger partial charge in [0, 0.05) is 29.8 Å². The third kappa shape index (κ3) is 2.97. The quantitative estimate of drug-likeness (QED) is 0.825. The molecule has 2 bridgehead atoms. The Labute approximate surface area is 161 Å². The van der Waals surface area contributed by atoms with Crippen LogP contribution in [0.25, 0.3) is 0 Å². The molecule has 0 aromatic heterocycles. The molecule has 0 spiro atoms. The average Bonchev–Trinajstić information content (AvgIpc) is 3.21. The molecule has 4 rings (SSSR count). The van der Waals surface area contributed by atoms with E-state index in [0.29, 0.717) is 18.8 Å². The Hall–Kier alpha value is -2.17. The smallest absolute Gasteiger partial charge is 0.244 e. The van der Waals surface area contributed by atoms with Crippen molar-refractivity contribution >= 4 is 23.2 Å². The molecule has 1 aliphatic heterocycles. The number of hydrogen-bond donors (Lipinski definition) is 1. The third-order valence-corrected chi connectivity index (χ3v) is 7.51. The number of carbonyl (C=O) groups is 2. The van der Waals surface area contributed by atoms with Gasteiger partial charge in [0.2, 0.25) is 11.8 Å². The first-order valence-electron chi connectivity index (χ1n) is 10.1. The van der Waals surface area contributed by atoms with Crippen LogP contribution in [0.4, 0.5) is 5.69 Å². The molecule has 1 heterocycles. The minimum Gasteiger partial charge on any atom is -0.312 e. The van der Waals surface area contributed by atoms with Gasteiger partial charge in [-0.05, 0) is 54.7 Å². The van der Waals surface area contributed by atoms with Crippen molar-refractivity contribution in [3.8, 4) is 0 Å². The van der Waals surface area contributed by atoms with Crippen molar-refractivity contribution in [2.75, 3.05) is 11.4 Å². The van der Waals surface area contributed by atoms with Gasteiger partial charge in [-0.1, -0.05) is 32.9 Å². The minimum atomic E-state index is -0.0864. The number of hydrogen-bond acceptors (Lipinski definition) is 3. The van der Waals surface area contributed by atoms with Crippen LogP contribution in [0.15, 0.2) is 29.4 Å². The predicted molar refractivity (Wildman–Crippen MR) is 107 cm³/mol. The Morgan fingerprint density at radius 3 is 2.56 bits per heavy atom. The fourth-order valence-corrected chi connectivity index (χ4v) is 5.17. The van der Waals surface area contributed by atoms with Crippen molar-refractivity contribution in [2.45, 2.75) is 59.3 Å². The van der Waals surface area contributed by atoms with E-state index in [9.17, 15) is 9.59 Å². The molecule has 1 saturated heterocycles. The van der Waals surface area contributed by atoms with Crippen LogP contribution < -0.4 is 10.3 Å². The number of carbonyl (C=O) groups excluding carboxylic acids is 2. The van der Waals surface area contributed by atoms with Gasteiger partial charge < -0.3 is 4.90 Å². The summed E-state index contributed by atoms with van der Waals surface area (Å²) < 4.78 is 0. The highest BCUT2D eigenvalue weighted by Crippen LogP contribution is 2.63. The topological polar surface area (TPSA) is 61.8 Å². The molecule has 2 amide bonds. The van der Waals surface area contributed by atoms with E-state index < -0.39 is 0 Å². The average molecular weight is 367 g/mol. The molecule has 1 aromatic carbocycles. The lowest BCUT2D eigenvalue weighted by Crippen LogP contribution is -2.34. The molecule has 0 radical (unpaired) electrons. The van der Waals surface area contributed by atoms with Gasteiger partial charge in [0.05, 0.1) is 6.42 Å². The van der Waals surface area contributed by atoms with Crippen LogP contribution in [0.5, 0.6) is 0 Å². The lowest BCUT2D eigenvalue weighted by Gasteiger charge is -2.34. The summed E-state index contributed by atoms with van der Waals surface area (Å²) in [6.07, 6.45) is 5.27. The summed E-state index contributed by atoms with van der Waals surface area (Å²) >= 11 is 0. The van der Waals surface area contributed by atoms with E-state index in [0.717, 1.165) is 42.8 Å². The summed E-state index contributed by atoms with van der Waals surface area (Å²) in [5.74, 6) is 0.772. The van der Waals surface area contributed by atoms with Crippen LogP contribution in [-0.2, 0) is 16.0 Å². The fraction of sp³-hybridized carbons (Fsp3) is 0.591. The summed E-state index contributed by atoms with van der Waals surface area (Å²) in [4.78, 5) is 26.0. The van der Waals surface area contributed by atoms with E-state index >= 15 is 0 Å². The van der Waals surface area contributed by atoms with E-state index in [4.69, 9.17) is 0 Å². The summed E-state index contributed by atoms with van der Waals surface area (Å²) in [6.45, 7) is 7.75. The van der Waals surface area contributed by atoms with Gasteiger partial charge in [0.15, 0.2) is 0 Å². The summed E-state index contributed by atoms with van der Waals surface area (Å²) in [5, 5.41) is 4.52. The Bertz CT molecular complexity index is 796. The molecule has 5 heteroatoms. The van der Waals surface area contributed by atoms with Gasteiger partial charge in [0.25, 0.3) is 0 Å². The van der Waals surface area contributed by atoms with Gasteiger partial charge in [-0.3, -0.25) is 9.59 Å². The highest BCUT2D eigenvalue weighted by Gasteiger charge is 2.60. The molecule has 1 aromatic rings. The highest BCUT2D eigenvalue weighted by molar-refractivity contribution is 5.96. The molecule has 1 N–H and O–H groups in total. The van der Waals surface area contributed by atoms with Gasteiger partial charge in [-0.15, -0.1) is 0 Å². The molecule has 2 saturated carbocycles. The molecule has 3 aliphatic rings. The van der Waals surface area contributed by atoms with Crippen molar-refractivity contribution in [1.29, 1.82) is 0 Å². The van der Waals surface area contributed by atoms with Crippen molar-refractivity contribution in [1.82, 2.24) is 5.43 Å². The predicted octanol–water partition coefficient (Wildman–Crippen LogP) is 3.67. The summed E-state index contributed by atoms with van der Waals surface area (Å²) in [6, 6.07) is 7.71. The fourth-order valence-electron chi connectivity index (χ4n) is 5.17. The maximum Gasteiger partial charge on any atom is 0.244 e. The molecule has 5 nitrogen and oxygen atoms in total. The first-order valence-corrected chi connectivity index (χ1v) is 10.1. The van der Waals surface area contributed by atoms with Gasteiger partial charge in [-0.25, -0.2) is 5.43 Å². The van der Waals surface area contributed by atoms with Crippen molar-refractivity contribution in [3.05, 3.63) is 29.8 Å². The molecule has 27 heavy (non-hydrogen) atoms. The Balaban J connectivity index is 1.37. The lowest BCUT2D eigenvalue weighted by atomic mass is 9.70. The standard InChI is InChI=1S/C22H29N3O2/c1-21(2)16-10-11-22(21,3)18(14-16)23-24-19(26)13-15-6-8-17(9-7-15)25-12-4-5-20(25)27/h6-9,16H,4-5,10-14H2,1-3H3,(H,24,26)/b23-18+/t16-,22-/m1/s1.